The van der Waals surface area contributed by atoms with E-state index in [1.165, 1.54) is 16.7 Å². The number of rotatable bonds is 3. The molecule has 2 aromatic carbocycles. The third-order valence-electron chi connectivity index (χ3n) is 4.87. The summed E-state index contributed by atoms with van der Waals surface area (Å²) in [6.45, 7) is 2.13. The van der Waals surface area contributed by atoms with Crippen LogP contribution in [0, 0.1) is 0 Å². The molecule has 2 aromatic rings. The summed E-state index contributed by atoms with van der Waals surface area (Å²) >= 11 is 0. The van der Waals surface area contributed by atoms with Crippen LogP contribution in [0.3, 0.4) is 0 Å². The number of aryl methyl sites for hydroxylation is 1. The highest BCUT2D eigenvalue weighted by molar-refractivity contribution is 6.03. The molecule has 0 saturated heterocycles. The molecule has 0 heterocycles. The molecule has 0 aromatic heterocycles. The van der Waals surface area contributed by atoms with Crippen molar-refractivity contribution in [1.82, 2.24) is 5.73 Å². The van der Waals surface area contributed by atoms with Crippen LogP contribution < -0.4 is 10.5 Å². The second kappa shape index (κ2) is 4.98. The number of fused-ring (bicyclic) bond motifs is 3. The quantitative estimate of drug-likeness (QED) is 0.865. The van der Waals surface area contributed by atoms with Gasteiger partial charge in [0.25, 0.3) is 5.91 Å². The number of allylic oxidation sites excluding steroid dienone is 1. The van der Waals surface area contributed by atoms with E-state index in [-0.39, 0.29) is 0 Å². The molecule has 0 spiro atoms. The number of hydrogen-bond acceptors (Lipinski definition) is 2. The zero-order chi connectivity index (χ0) is 16.1. The number of nitrogens with one attached hydrogen (secondary N) is 1. The summed E-state index contributed by atoms with van der Waals surface area (Å²) in [6.07, 6.45) is 4.90. The Labute approximate surface area is 135 Å². The van der Waals surface area contributed by atoms with Gasteiger partial charge in [0.1, 0.15) is 5.75 Å². The molecule has 4 rings (SSSR count). The van der Waals surface area contributed by atoms with Crippen molar-refractivity contribution in [3.8, 4) is 16.9 Å². The normalized spacial score (nSPS) is 14.6. The first-order chi connectivity index (χ1) is 11.1. The highest BCUT2D eigenvalue weighted by atomic mass is 16.5. The SMILES string of the molecule is COc1c2cc(C([NH])=O)c(-c3cccc4c3C=C(C)C4)c1CC2. The van der Waals surface area contributed by atoms with Crippen LogP contribution in [0.5, 0.6) is 5.75 Å². The lowest BCUT2D eigenvalue weighted by molar-refractivity contribution is 0.0992. The summed E-state index contributed by atoms with van der Waals surface area (Å²) < 4.78 is 5.59. The fourth-order valence-electron chi connectivity index (χ4n) is 3.96. The van der Waals surface area contributed by atoms with Crippen molar-refractivity contribution in [2.75, 3.05) is 7.11 Å². The summed E-state index contributed by atoms with van der Waals surface area (Å²) in [4.78, 5) is 11.9. The van der Waals surface area contributed by atoms with Gasteiger partial charge in [-0.25, -0.2) is 0 Å². The molecule has 2 aliphatic rings. The molecule has 0 fully saturated rings. The van der Waals surface area contributed by atoms with E-state index in [1.807, 2.05) is 12.1 Å². The summed E-state index contributed by atoms with van der Waals surface area (Å²) in [5, 5.41) is 0. The largest absolute Gasteiger partial charge is 0.496 e. The van der Waals surface area contributed by atoms with Gasteiger partial charge in [0.2, 0.25) is 0 Å². The van der Waals surface area contributed by atoms with Crippen LogP contribution in [0.25, 0.3) is 17.2 Å². The number of hydrogen-bond donors (Lipinski definition) is 0. The summed E-state index contributed by atoms with van der Waals surface area (Å²) in [5.74, 6) is 0.268. The fourth-order valence-corrected chi connectivity index (χ4v) is 3.96. The first-order valence-electron chi connectivity index (χ1n) is 7.88. The molecule has 0 saturated carbocycles. The minimum atomic E-state index is -0.622. The van der Waals surface area contributed by atoms with Crippen LogP contribution in [0.4, 0.5) is 0 Å². The Morgan fingerprint density at radius 1 is 1.22 bits per heavy atom. The average molecular weight is 304 g/mol. The maximum Gasteiger partial charge on any atom is 0.270 e. The molecule has 2 bridgehead atoms. The Kier molecular flexibility index (Phi) is 3.05. The maximum atomic E-state index is 11.9. The molecule has 3 nitrogen and oxygen atoms in total. The summed E-state index contributed by atoms with van der Waals surface area (Å²) in [6, 6.07) is 8.09. The minimum absolute atomic E-state index is 0.500. The highest BCUT2D eigenvalue weighted by Crippen LogP contribution is 2.45. The number of benzene rings is 2. The van der Waals surface area contributed by atoms with E-state index in [0.717, 1.165) is 47.3 Å². The second-order valence-corrected chi connectivity index (χ2v) is 6.35. The Hall–Kier alpha value is -2.55. The Morgan fingerprint density at radius 2 is 2.04 bits per heavy atom. The molecule has 0 unspecified atom stereocenters. The van der Waals surface area contributed by atoms with Gasteiger partial charge >= 0.3 is 0 Å². The van der Waals surface area contributed by atoms with E-state index in [2.05, 4.69) is 25.1 Å². The Morgan fingerprint density at radius 3 is 2.78 bits per heavy atom. The van der Waals surface area contributed by atoms with Gasteiger partial charge in [0, 0.05) is 16.7 Å². The highest BCUT2D eigenvalue weighted by Gasteiger charge is 2.28. The van der Waals surface area contributed by atoms with Crippen LogP contribution in [0.1, 0.15) is 39.5 Å². The van der Waals surface area contributed by atoms with E-state index in [1.54, 1.807) is 7.11 Å². The van der Waals surface area contributed by atoms with Gasteiger partial charge < -0.3 is 4.74 Å². The average Bonchev–Trinajstić information content (AvgIpc) is 3.04. The van der Waals surface area contributed by atoms with Crippen molar-refractivity contribution >= 4 is 12.0 Å². The molecular formula is C20H18NO2. The van der Waals surface area contributed by atoms with Crippen LogP contribution >= 0.6 is 0 Å². The van der Waals surface area contributed by atoms with Crippen molar-refractivity contribution in [2.24, 2.45) is 0 Å². The van der Waals surface area contributed by atoms with Crippen LogP contribution in [-0.4, -0.2) is 13.0 Å². The topological polar surface area (TPSA) is 50.1 Å². The smallest absolute Gasteiger partial charge is 0.270 e. The van der Waals surface area contributed by atoms with Crippen molar-refractivity contribution in [3.05, 3.63) is 57.7 Å². The summed E-state index contributed by atoms with van der Waals surface area (Å²) in [7, 11) is 1.68. The van der Waals surface area contributed by atoms with Crippen molar-refractivity contribution in [3.63, 3.8) is 0 Å². The Bertz CT molecular complexity index is 878. The van der Waals surface area contributed by atoms with E-state index in [9.17, 15) is 4.79 Å². The molecule has 0 aliphatic heterocycles. The predicted octanol–water partition coefficient (Wildman–Crippen LogP) is 3.84. The minimum Gasteiger partial charge on any atom is -0.496 e. The molecule has 2 aliphatic carbocycles. The van der Waals surface area contributed by atoms with E-state index >= 15 is 0 Å². The van der Waals surface area contributed by atoms with Gasteiger partial charge in [0.15, 0.2) is 0 Å². The summed E-state index contributed by atoms with van der Waals surface area (Å²) in [5.41, 5.74) is 16.1. The number of methoxy groups -OCH3 is 1. The zero-order valence-electron chi connectivity index (χ0n) is 13.3. The third kappa shape index (κ3) is 2.00. The number of carbonyl (C=O) groups excluding carboxylic acids is 1. The first-order valence-corrected chi connectivity index (χ1v) is 7.88. The monoisotopic (exact) mass is 304 g/mol. The molecular weight excluding hydrogens is 286 g/mol. The van der Waals surface area contributed by atoms with Crippen LogP contribution in [0.2, 0.25) is 0 Å². The van der Waals surface area contributed by atoms with Crippen molar-refractivity contribution < 1.29 is 9.53 Å². The van der Waals surface area contributed by atoms with Crippen LogP contribution in [0.15, 0.2) is 29.8 Å². The second-order valence-electron chi connectivity index (χ2n) is 6.35. The van der Waals surface area contributed by atoms with E-state index in [0.29, 0.717) is 5.56 Å². The molecule has 3 heteroatoms. The van der Waals surface area contributed by atoms with Crippen LogP contribution in [-0.2, 0) is 19.3 Å². The first kappa shape index (κ1) is 14.1. The maximum absolute atomic E-state index is 11.9. The Balaban J connectivity index is 2.06. The number of amides is 1. The predicted molar refractivity (Wildman–Crippen MR) is 90.6 cm³/mol. The number of ether oxygens (including phenoxy) is 1. The van der Waals surface area contributed by atoms with Gasteiger partial charge in [-0.15, -0.1) is 0 Å². The molecule has 0 atom stereocenters. The lowest BCUT2D eigenvalue weighted by Crippen LogP contribution is -2.05. The number of carbonyl (C=O) groups is 1. The fraction of sp³-hybridized carbons (Fsp3) is 0.250. The van der Waals surface area contributed by atoms with E-state index < -0.39 is 5.91 Å². The lowest BCUT2D eigenvalue weighted by Gasteiger charge is -2.16. The lowest BCUT2D eigenvalue weighted by atomic mass is 9.89. The zero-order valence-corrected chi connectivity index (χ0v) is 13.3. The molecule has 23 heavy (non-hydrogen) atoms. The van der Waals surface area contributed by atoms with Gasteiger partial charge in [-0.1, -0.05) is 29.8 Å². The van der Waals surface area contributed by atoms with Gasteiger partial charge in [-0.3, -0.25) is 10.5 Å². The van der Waals surface area contributed by atoms with Crippen molar-refractivity contribution in [2.45, 2.75) is 26.2 Å². The van der Waals surface area contributed by atoms with Gasteiger partial charge in [0.05, 0.1) is 7.11 Å². The van der Waals surface area contributed by atoms with Gasteiger partial charge in [-0.2, -0.15) is 0 Å². The molecule has 115 valence electrons. The van der Waals surface area contributed by atoms with Gasteiger partial charge in [-0.05, 0) is 54.5 Å². The molecule has 1 amide bonds. The van der Waals surface area contributed by atoms with Crippen molar-refractivity contribution in [1.29, 1.82) is 0 Å². The molecule has 1 radical (unpaired) electrons. The third-order valence-corrected chi connectivity index (χ3v) is 4.87. The molecule has 1 N–H and O–H groups in total. The van der Waals surface area contributed by atoms with E-state index in [4.69, 9.17) is 10.5 Å². The standard InChI is InChI=1S/C20H18NO2/c1-11-8-12-4-3-5-14(16(12)9-11)18-15-7-6-13(19(15)23-2)10-17(18)20(21)22/h3-5,9-10,21H,6-8H2,1-2H3.